The Hall–Kier alpha value is -1.76. The van der Waals surface area contributed by atoms with Gasteiger partial charge >= 0.3 is 6.18 Å². The number of allylic oxidation sites excluding steroid dienone is 2. The van der Waals surface area contributed by atoms with Gasteiger partial charge in [0.15, 0.2) is 0 Å². The summed E-state index contributed by atoms with van der Waals surface area (Å²) in [6, 6.07) is 7.54. The largest absolute Gasteiger partial charge is 0.411 e. The zero-order valence-corrected chi connectivity index (χ0v) is 16.1. The van der Waals surface area contributed by atoms with Gasteiger partial charge in [0.25, 0.3) is 0 Å². The normalized spacial score (nSPS) is 16.6. The van der Waals surface area contributed by atoms with Crippen LogP contribution in [0.25, 0.3) is 0 Å². The van der Waals surface area contributed by atoms with Crippen LogP contribution in [0.5, 0.6) is 0 Å². The van der Waals surface area contributed by atoms with Crippen LogP contribution in [-0.2, 0) is 0 Å². The average Bonchev–Trinajstić information content (AvgIpc) is 2.58. The van der Waals surface area contributed by atoms with Crippen LogP contribution >= 0.6 is 15.9 Å². The van der Waals surface area contributed by atoms with Gasteiger partial charge in [0.05, 0.1) is 5.71 Å². The molecule has 7 heteroatoms. The van der Waals surface area contributed by atoms with Crippen molar-refractivity contribution in [3.8, 4) is 0 Å². The molecule has 0 spiro atoms. The molecule has 0 amide bonds. The predicted molar refractivity (Wildman–Crippen MR) is 100 cm³/mol. The molecular weight excluding hydrogens is 409 g/mol. The highest BCUT2D eigenvalue weighted by molar-refractivity contribution is 9.10. The molecule has 142 valence electrons. The van der Waals surface area contributed by atoms with Crippen molar-refractivity contribution in [1.29, 1.82) is 0 Å². The van der Waals surface area contributed by atoms with E-state index in [1.54, 1.807) is 0 Å². The van der Waals surface area contributed by atoms with Crippen LogP contribution in [0.3, 0.4) is 0 Å². The lowest BCUT2D eigenvalue weighted by atomic mass is 9.87. The predicted octanol–water partition coefficient (Wildman–Crippen LogP) is 5.87. The second-order valence-electron chi connectivity index (χ2n) is 6.43. The standard InChI is InChI=1S/C19H22BrF3N2O/c1-25-11-3-5-16(13-25)18(24-26)12-15(4-2-10-19(21,22)23)14-6-8-17(20)9-7-14/h3,5-9,13,15,26H,2,4,10-12H2,1H3/b24-18+. The summed E-state index contributed by atoms with van der Waals surface area (Å²) in [5.74, 6) is -0.155. The number of hydrogen-bond acceptors (Lipinski definition) is 3. The van der Waals surface area contributed by atoms with Gasteiger partial charge in [0.2, 0.25) is 0 Å². The molecule has 1 aliphatic rings. The number of nitrogens with zero attached hydrogens (tertiary/aromatic N) is 2. The third-order valence-corrected chi connectivity index (χ3v) is 4.83. The molecule has 0 saturated heterocycles. The maximum Gasteiger partial charge on any atom is 0.389 e. The summed E-state index contributed by atoms with van der Waals surface area (Å²) < 4.78 is 38.5. The van der Waals surface area contributed by atoms with Crippen LogP contribution in [0.1, 0.15) is 37.2 Å². The Morgan fingerprint density at radius 2 is 2.00 bits per heavy atom. The molecule has 0 aliphatic carbocycles. The number of alkyl halides is 3. The Balaban J connectivity index is 2.16. The minimum absolute atomic E-state index is 0.0394. The van der Waals surface area contributed by atoms with Crippen molar-refractivity contribution in [3.63, 3.8) is 0 Å². The number of hydrogen-bond donors (Lipinski definition) is 1. The lowest BCUT2D eigenvalue weighted by Crippen LogP contribution is -2.19. The maximum absolute atomic E-state index is 12.5. The molecule has 2 rings (SSSR count). The first-order valence-corrected chi connectivity index (χ1v) is 9.20. The van der Waals surface area contributed by atoms with Gasteiger partial charge < -0.3 is 10.1 Å². The molecule has 0 fully saturated rings. The third kappa shape index (κ3) is 6.52. The summed E-state index contributed by atoms with van der Waals surface area (Å²) >= 11 is 3.37. The van der Waals surface area contributed by atoms with Gasteiger partial charge in [0, 0.05) is 42.7 Å². The van der Waals surface area contributed by atoms with Gasteiger partial charge in [0.1, 0.15) is 0 Å². The molecule has 1 atom stereocenters. The van der Waals surface area contributed by atoms with Crippen molar-refractivity contribution >= 4 is 21.6 Å². The first-order valence-electron chi connectivity index (χ1n) is 8.40. The summed E-state index contributed by atoms with van der Waals surface area (Å²) in [5, 5.41) is 12.9. The van der Waals surface area contributed by atoms with Gasteiger partial charge in [-0.15, -0.1) is 0 Å². The quantitative estimate of drug-likeness (QED) is 0.333. The number of rotatable bonds is 7. The number of likely N-dealkylation sites (N-methyl/N-ethyl adjacent to an activating group) is 1. The molecule has 1 N–H and O–H groups in total. The average molecular weight is 431 g/mol. The van der Waals surface area contributed by atoms with Crippen molar-refractivity contribution in [1.82, 2.24) is 4.90 Å². The van der Waals surface area contributed by atoms with E-state index < -0.39 is 12.6 Å². The smallest absolute Gasteiger partial charge is 0.389 e. The van der Waals surface area contributed by atoms with E-state index in [4.69, 9.17) is 0 Å². The Labute approximate surface area is 160 Å². The molecule has 1 aliphatic heterocycles. The van der Waals surface area contributed by atoms with Crippen LogP contribution in [-0.4, -0.2) is 35.6 Å². The Morgan fingerprint density at radius 1 is 1.31 bits per heavy atom. The maximum atomic E-state index is 12.5. The van der Waals surface area contributed by atoms with Gasteiger partial charge in [-0.1, -0.05) is 45.4 Å². The highest BCUT2D eigenvalue weighted by Gasteiger charge is 2.27. The lowest BCUT2D eigenvalue weighted by molar-refractivity contribution is -0.135. The van der Waals surface area contributed by atoms with Crippen LogP contribution in [0.15, 0.2) is 57.8 Å². The lowest BCUT2D eigenvalue weighted by Gasteiger charge is -2.22. The van der Waals surface area contributed by atoms with Crippen molar-refractivity contribution in [2.24, 2.45) is 5.16 Å². The molecule has 1 unspecified atom stereocenters. The summed E-state index contributed by atoms with van der Waals surface area (Å²) in [7, 11) is 1.91. The fourth-order valence-corrected chi connectivity index (χ4v) is 3.23. The van der Waals surface area contributed by atoms with Crippen LogP contribution < -0.4 is 0 Å². The fraction of sp³-hybridized carbons (Fsp3) is 0.421. The monoisotopic (exact) mass is 430 g/mol. The minimum Gasteiger partial charge on any atom is -0.411 e. The van der Waals surface area contributed by atoms with E-state index in [9.17, 15) is 18.4 Å². The fourth-order valence-electron chi connectivity index (χ4n) is 2.97. The molecule has 26 heavy (non-hydrogen) atoms. The van der Waals surface area contributed by atoms with Crippen molar-refractivity contribution in [3.05, 3.63) is 58.2 Å². The summed E-state index contributed by atoms with van der Waals surface area (Å²) in [6.07, 6.45) is 1.53. The van der Waals surface area contributed by atoms with Crippen molar-refractivity contribution < 1.29 is 18.4 Å². The molecular formula is C19H22BrF3N2O. The van der Waals surface area contributed by atoms with E-state index in [2.05, 4.69) is 21.1 Å². The molecule has 1 aromatic rings. The van der Waals surface area contributed by atoms with Gasteiger partial charge in [-0.05, 0) is 36.5 Å². The number of oxime groups is 1. The van der Waals surface area contributed by atoms with E-state index in [1.807, 2.05) is 54.6 Å². The summed E-state index contributed by atoms with van der Waals surface area (Å²) in [5.41, 5.74) is 2.19. The highest BCUT2D eigenvalue weighted by atomic mass is 79.9. The Kier molecular flexibility index (Phi) is 7.32. The zero-order chi connectivity index (χ0) is 19.2. The van der Waals surface area contributed by atoms with Gasteiger partial charge in [-0.3, -0.25) is 0 Å². The van der Waals surface area contributed by atoms with Crippen LogP contribution in [0, 0.1) is 0 Å². The minimum atomic E-state index is -4.16. The van der Waals surface area contributed by atoms with E-state index in [-0.39, 0.29) is 12.3 Å². The molecule has 0 aromatic heterocycles. The van der Waals surface area contributed by atoms with Crippen LogP contribution in [0.4, 0.5) is 13.2 Å². The van der Waals surface area contributed by atoms with E-state index in [0.717, 1.165) is 22.2 Å². The molecule has 0 radical (unpaired) electrons. The Bertz CT molecular complexity index is 681. The molecule has 1 heterocycles. The van der Waals surface area contributed by atoms with Gasteiger partial charge in [-0.25, -0.2) is 0 Å². The second-order valence-corrected chi connectivity index (χ2v) is 7.35. The zero-order valence-electron chi connectivity index (χ0n) is 14.5. The SMILES string of the molecule is CN1C=C(/C(CC(CCCC(F)(F)F)c2ccc(Br)cc2)=N/O)C=CC1. The van der Waals surface area contributed by atoms with Crippen molar-refractivity contribution in [2.75, 3.05) is 13.6 Å². The highest BCUT2D eigenvalue weighted by Crippen LogP contribution is 2.32. The van der Waals surface area contributed by atoms with E-state index >= 15 is 0 Å². The van der Waals surface area contributed by atoms with Crippen LogP contribution in [0.2, 0.25) is 0 Å². The number of benzene rings is 1. The van der Waals surface area contributed by atoms with E-state index in [0.29, 0.717) is 18.6 Å². The Morgan fingerprint density at radius 3 is 2.58 bits per heavy atom. The second kappa shape index (κ2) is 9.26. The van der Waals surface area contributed by atoms with Crippen molar-refractivity contribution in [2.45, 2.75) is 37.8 Å². The third-order valence-electron chi connectivity index (χ3n) is 4.30. The first kappa shape index (κ1) is 20.6. The summed E-state index contributed by atoms with van der Waals surface area (Å²) in [6.45, 7) is 0.768. The summed E-state index contributed by atoms with van der Waals surface area (Å²) in [4.78, 5) is 1.96. The van der Waals surface area contributed by atoms with E-state index in [1.165, 1.54) is 0 Å². The topological polar surface area (TPSA) is 35.8 Å². The molecule has 0 bridgehead atoms. The number of halogens is 4. The first-order chi connectivity index (χ1) is 12.3. The van der Waals surface area contributed by atoms with Gasteiger partial charge in [-0.2, -0.15) is 13.2 Å². The molecule has 1 aromatic carbocycles. The molecule has 3 nitrogen and oxygen atoms in total. The molecule has 0 saturated carbocycles.